The summed E-state index contributed by atoms with van der Waals surface area (Å²) in [7, 11) is 1.37. The van der Waals surface area contributed by atoms with E-state index in [9.17, 15) is 4.79 Å². The first-order valence-electron chi connectivity index (χ1n) is 5.94. The van der Waals surface area contributed by atoms with Gasteiger partial charge >= 0.3 is 5.97 Å². The summed E-state index contributed by atoms with van der Waals surface area (Å²) in [5, 5.41) is 0. The molecule has 0 aliphatic rings. The third-order valence-corrected chi connectivity index (χ3v) is 2.74. The maximum absolute atomic E-state index is 11.5. The lowest BCUT2D eigenvalue weighted by Crippen LogP contribution is -2.32. The zero-order valence-corrected chi connectivity index (χ0v) is 11.4. The van der Waals surface area contributed by atoms with Crippen molar-refractivity contribution in [1.82, 2.24) is 0 Å². The Kier molecular flexibility index (Phi) is 4.73. The Morgan fingerprint density at radius 3 is 2.56 bits per heavy atom. The molecule has 0 amide bonds. The van der Waals surface area contributed by atoms with Gasteiger partial charge in [-0.25, -0.2) is 0 Å². The standard InChI is InChI=1S/C14H21NO3/c1-10(15)11-7-5-6-8-12(11)18-9-14(2,3)13(16)17-4/h5-8,10H,9,15H2,1-4H3. The van der Waals surface area contributed by atoms with Crippen molar-refractivity contribution in [2.45, 2.75) is 26.8 Å². The Morgan fingerprint density at radius 1 is 1.39 bits per heavy atom. The van der Waals surface area contributed by atoms with E-state index < -0.39 is 5.41 Å². The first kappa shape index (κ1) is 14.5. The van der Waals surface area contributed by atoms with E-state index >= 15 is 0 Å². The van der Waals surface area contributed by atoms with Crippen LogP contribution in [0.4, 0.5) is 0 Å². The molecule has 4 heteroatoms. The van der Waals surface area contributed by atoms with Crippen LogP contribution in [0.5, 0.6) is 5.75 Å². The van der Waals surface area contributed by atoms with Crippen molar-refractivity contribution < 1.29 is 14.3 Å². The van der Waals surface area contributed by atoms with E-state index in [-0.39, 0.29) is 18.6 Å². The lowest BCUT2D eigenvalue weighted by atomic mass is 9.95. The predicted octanol–water partition coefficient (Wildman–Crippen LogP) is 2.28. The number of hydrogen-bond acceptors (Lipinski definition) is 4. The fraction of sp³-hybridized carbons (Fsp3) is 0.500. The predicted molar refractivity (Wildman–Crippen MR) is 70.3 cm³/mol. The van der Waals surface area contributed by atoms with Gasteiger partial charge in [-0.3, -0.25) is 4.79 Å². The summed E-state index contributed by atoms with van der Waals surface area (Å²) in [4.78, 5) is 11.5. The Bertz CT molecular complexity index is 413. The van der Waals surface area contributed by atoms with Gasteiger partial charge in [0.1, 0.15) is 12.4 Å². The van der Waals surface area contributed by atoms with E-state index in [1.54, 1.807) is 13.8 Å². The van der Waals surface area contributed by atoms with Crippen LogP contribution in [-0.4, -0.2) is 19.7 Å². The summed E-state index contributed by atoms with van der Waals surface area (Å²) < 4.78 is 10.4. The molecular weight excluding hydrogens is 230 g/mol. The normalized spacial score (nSPS) is 12.9. The van der Waals surface area contributed by atoms with Crippen LogP contribution in [0.25, 0.3) is 0 Å². The van der Waals surface area contributed by atoms with E-state index in [1.165, 1.54) is 7.11 Å². The number of nitrogens with two attached hydrogens (primary N) is 1. The topological polar surface area (TPSA) is 61.5 Å². The molecule has 0 aromatic heterocycles. The average molecular weight is 251 g/mol. The third-order valence-electron chi connectivity index (χ3n) is 2.74. The van der Waals surface area contributed by atoms with E-state index in [0.29, 0.717) is 5.75 Å². The van der Waals surface area contributed by atoms with Gasteiger partial charge in [-0.15, -0.1) is 0 Å². The number of benzene rings is 1. The van der Waals surface area contributed by atoms with Crippen molar-refractivity contribution in [3.63, 3.8) is 0 Å². The summed E-state index contributed by atoms with van der Waals surface area (Å²) in [6.45, 7) is 5.72. The molecule has 0 aliphatic carbocycles. The van der Waals surface area contributed by atoms with E-state index in [4.69, 9.17) is 15.2 Å². The summed E-state index contributed by atoms with van der Waals surface area (Å²) in [6.07, 6.45) is 0. The van der Waals surface area contributed by atoms with Crippen LogP contribution in [0.3, 0.4) is 0 Å². The molecule has 4 nitrogen and oxygen atoms in total. The molecule has 0 fully saturated rings. The van der Waals surface area contributed by atoms with Crippen molar-refractivity contribution in [3.05, 3.63) is 29.8 Å². The van der Waals surface area contributed by atoms with Crippen molar-refractivity contribution in [1.29, 1.82) is 0 Å². The first-order chi connectivity index (χ1) is 8.38. The monoisotopic (exact) mass is 251 g/mol. The molecule has 0 saturated carbocycles. The SMILES string of the molecule is COC(=O)C(C)(C)COc1ccccc1C(C)N. The smallest absolute Gasteiger partial charge is 0.314 e. The van der Waals surface area contributed by atoms with Gasteiger partial charge in [-0.05, 0) is 26.8 Å². The second-order valence-electron chi connectivity index (χ2n) is 4.99. The molecule has 0 heterocycles. The highest BCUT2D eigenvalue weighted by molar-refractivity contribution is 5.75. The van der Waals surface area contributed by atoms with Crippen LogP contribution in [0.15, 0.2) is 24.3 Å². The number of carbonyl (C=O) groups is 1. The summed E-state index contributed by atoms with van der Waals surface area (Å²) >= 11 is 0. The number of esters is 1. The average Bonchev–Trinajstić information content (AvgIpc) is 2.35. The Hall–Kier alpha value is -1.55. The molecule has 100 valence electrons. The van der Waals surface area contributed by atoms with Gasteiger partial charge in [0.05, 0.1) is 12.5 Å². The van der Waals surface area contributed by atoms with Crippen molar-refractivity contribution in [2.75, 3.05) is 13.7 Å². The minimum absolute atomic E-state index is 0.109. The lowest BCUT2D eigenvalue weighted by molar-refractivity contribution is -0.152. The molecule has 0 aliphatic heterocycles. The molecule has 0 saturated heterocycles. The van der Waals surface area contributed by atoms with E-state index in [2.05, 4.69) is 0 Å². The molecular formula is C14H21NO3. The van der Waals surface area contributed by atoms with Crippen LogP contribution in [-0.2, 0) is 9.53 Å². The van der Waals surface area contributed by atoms with Gasteiger partial charge in [-0.2, -0.15) is 0 Å². The zero-order chi connectivity index (χ0) is 13.8. The van der Waals surface area contributed by atoms with Crippen molar-refractivity contribution >= 4 is 5.97 Å². The maximum Gasteiger partial charge on any atom is 0.314 e. The Labute approximate surface area is 108 Å². The highest BCUT2D eigenvalue weighted by Gasteiger charge is 2.30. The largest absolute Gasteiger partial charge is 0.492 e. The van der Waals surface area contributed by atoms with E-state index in [1.807, 2.05) is 31.2 Å². The minimum Gasteiger partial charge on any atom is -0.492 e. The number of carbonyl (C=O) groups excluding carboxylic acids is 1. The fourth-order valence-electron chi connectivity index (χ4n) is 1.58. The number of rotatable bonds is 5. The Morgan fingerprint density at radius 2 is 2.00 bits per heavy atom. The van der Waals surface area contributed by atoms with Crippen LogP contribution >= 0.6 is 0 Å². The van der Waals surface area contributed by atoms with Gasteiger partial charge in [0, 0.05) is 11.6 Å². The second-order valence-corrected chi connectivity index (χ2v) is 4.99. The maximum atomic E-state index is 11.5. The zero-order valence-electron chi connectivity index (χ0n) is 11.4. The number of para-hydroxylation sites is 1. The molecule has 1 aromatic carbocycles. The van der Waals surface area contributed by atoms with Gasteiger partial charge in [0.2, 0.25) is 0 Å². The summed E-state index contributed by atoms with van der Waals surface area (Å²) in [6, 6.07) is 7.46. The molecule has 1 atom stereocenters. The highest BCUT2D eigenvalue weighted by atomic mass is 16.5. The molecule has 1 rings (SSSR count). The molecule has 1 aromatic rings. The highest BCUT2D eigenvalue weighted by Crippen LogP contribution is 2.26. The minimum atomic E-state index is -0.681. The molecule has 18 heavy (non-hydrogen) atoms. The van der Waals surface area contributed by atoms with Gasteiger partial charge in [-0.1, -0.05) is 18.2 Å². The summed E-state index contributed by atoms with van der Waals surface area (Å²) in [5.41, 5.74) is 6.12. The van der Waals surface area contributed by atoms with Crippen molar-refractivity contribution in [2.24, 2.45) is 11.1 Å². The van der Waals surface area contributed by atoms with Crippen molar-refractivity contribution in [3.8, 4) is 5.75 Å². The molecule has 1 unspecified atom stereocenters. The molecule has 0 radical (unpaired) electrons. The number of ether oxygens (including phenoxy) is 2. The van der Waals surface area contributed by atoms with Crippen LogP contribution in [0.1, 0.15) is 32.4 Å². The van der Waals surface area contributed by atoms with Crippen LogP contribution in [0.2, 0.25) is 0 Å². The van der Waals surface area contributed by atoms with E-state index in [0.717, 1.165) is 5.56 Å². The number of methoxy groups -OCH3 is 1. The van der Waals surface area contributed by atoms with Gasteiger partial charge in [0.25, 0.3) is 0 Å². The fourth-order valence-corrected chi connectivity index (χ4v) is 1.58. The first-order valence-corrected chi connectivity index (χ1v) is 5.94. The quantitative estimate of drug-likeness (QED) is 0.816. The number of hydrogen-bond donors (Lipinski definition) is 1. The second kappa shape index (κ2) is 5.87. The molecule has 2 N–H and O–H groups in total. The lowest BCUT2D eigenvalue weighted by Gasteiger charge is -2.23. The van der Waals surface area contributed by atoms with Gasteiger partial charge in [0.15, 0.2) is 0 Å². The molecule has 0 bridgehead atoms. The van der Waals surface area contributed by atoms with Crippen LogP contribution < -0.4 is 10.5 Å². The third kappa shape index (κ3) is 3.47. The summed E-state index contributed by atoms with van der Waals surface area (Å²) in [5.74, 6) is 0.422. The van der Waals surface area contributed by atoms with Crippen LogP contribution in [0, 0.1) is 5.41 Å². The Balaban J connectivity index is 2.78. The molecule has 0 spiro atoms. The van der Waals surface area contributed by atoms with Gasteiger partial charge < -0.3 is 15.2 Å².